The molecule has 1 unspecified atom stereocenters. The van der Waals surface area contributed by atoms with Crippen LogP contribution in [-0.2, 0) is 13.0 Å². The van der Waals surface area contributed by atoms with E-state index in [0.717, 1.165) is 12.0 Å². The highest BCUT2D eigenvalue weighted by molar-refractivity contribution is 5.33. The van der Waals surface area contributed by atoms with Gasteiger partial charge in [0, 0.05) is 24.7 Å². The molecule has 0 radical (unpaired) electrons. The molecule has 126 valence electrons. The van der Waals surface area contributed by atoms with Gasteiger partial charge in [-0.2, -0.15) is 0 Å². The van der Waals surface area contributed by atoms with E-state index < -0.39 is 0 Å². The van der Waals surface area contributed by atoms with Crippen molar-refractivity contribution in [1.29, 1.82) is 0 Å². The zero-order valence-corrected chi connectivity index (χ0v) is 13.8. The first-order chi connectivity index (χ1) is 12.2. The summed E-state index contributed by atoms with van der Waals surface area (Å²) in [4.78, 5) is 10.4. The lowest BCUT2D eigenvalue weighted by atomic mass is 9.98. The van der Waals surface area contributed by atoms with E-state index in [1.807, 2.05) is 36.4 Å². The normalized spacial score (nSPS) is 11.8. The summed E-state index contributed by atoms with van der Waals surface area (Å²) >= 11 is 0. The summed E-state index contributed by atoms with van der Waals surface area (Å²) in [5.74, 6) is 0. The number of benzene rings is 3. The summed E-state index contributed by atoms with van der Waals surface area (Å²) in [7, 11) is 0. The Morgan fingerprint density at radius 1 is 0.800 bits per heavy atom. The lowest BCUT2D eigenvalue weighted by molar-refractivity contribution is -0.384. The second-order valence-corrected chi connectivity index (χ2v) is 5.96. The first kappa shape index (κ1) is 16.9. The molecular weight excluding hydrogens is 312 g/mol. The minimum absolute atomic E-state index is 0.118. The van der Waals surface area contributed by atoms with E-state index in [2.05, 4.69) is 29.6 Å². The van der Waals surface area contributed by atoms with Gasteiger partial charge in [0.25, 0.3) is 5.69 Å². The molecule has 3 rings (SSSR count). The van der Waals surface area contributed by atoms with Gasteiger partial charge in [-0.3, -0.25) is 10.1 Å². The van der Waals surface area contributed by atoms with Crippen LogP contribution in [0, 0.1) is 10.1 Å². The van der Waals surface area contributed by atoms with E-state index in [4.69, 9.17) is 0 Å². The topological polar surface area (TPSA) is 55.2 Å². The molecule has 0 saturated heterocycles. The van der Waals surface area contributed by atoms with Crippen molar-refractivity contribution >= 4 is 5.69 Å². The monoisotopic (exact) mass is 332 g/mol. The molecule has 4 nitrogen and oxygen atoms in total. The van der Waals surface area contributed by atoms with Gasteiger partial charge in [0.05, 0.1) is 4.92 Å². The minimum Gasteiger partial charge on any atom is -0.306 e. The number of hydrogen-bond donors (Lipinski definition) is 1. The average Bonchev–Trinajstić information content (AvgIpc) is 2.67. The summed E-state index contributed by atoms with van der Waals surface area (Å²) < 4.78 is 0. The molecule has 0 saturated carbocycles. The zero-order valence-electron chi connectivity index (χ0n) is 13.8. The van der Waals surface area contributed by atoms with Crippen molar-refractivity contribution < 1.29 is 4.92 Å². The number of rotatable bonds is 7. The van der Waals surface area contributed by atoms with Gasteiger partial charge in [-0.05, 0) is 23.1 Å². The maximum atomic E-state index is 10.8. The standard InChI is InChI=1S/C21H20N2O2/c24-23(25)20-13-11-18(12-14-20)16-22-21(19-9-5-2-6-10-19)15-17-7-3-1-4-8-17/h1-14,21-22H,15-16H2. The second kappa shape index (κ2) is 8.22. The third-order valence-electron chi connectivity index (χ3n) is 4.18. The number of nitrogens with one attached hydrogen (secondary N) is 1. The fraction of sp³-hybridized carbons (Fsp3) is 0.143. The van der Waals surface area contributed by atoms with Gasteiger partial charge in [0.1, 0.15) is 0 Å². The van der Waals surface area contributed by atoms with Crippen molar-refractivity contribution in [3.8, 4) is 0 Å². The second-order valence-electron chi connectivity index (χ2n) is 5.96. The van der Waals surface area contributed by atoms with Crippen molar-refractivity contribution in [1.82, 2.24) is 5.32 Å². The Bertz CT molecular complexity index is 802. The molecule has 1 atom stereocenters. The molecule has 4 heteroatoms. The highest BCUT2D eigenvalue weighted by Crippen LogP contribution is 2.19. The van der Waals surface area contributed by atoms with Crippen LogP contribution >= 0.6 is 0 Å². The summed E-state index contributed by atoms with van der Waals surface area (Å²) in [6, 6.07) is 27.6. The van der Waals surface area contributed by atoms with Gasteiger partial charge in [-0.25, -0.2) is 0 Å². The molecule has 0 amide bonds. The lowest BCUT2D eigenvalue weighted by Gasteiger charge is -2.19. The van der Waals surface area contributed by atoms with Crippen LogP contribution in [0.25, 0.3) is 0 Å². The van der Waals surface area contributed by atoms with Gasteiger partial charge in [-0.15, -0.1) is 0 Å². The van der Waals surface area contributed by atoms with Crippen LogP contribution in [-0.4, -0.2) is 4.92 Å². The lowest BCUT2D eigenvalue weighted by Crippen LogP contribution is -2.23. The van der Waals surface area contributed by atoms with Crippen molar-refractivity contribution in [3.05, 3.63) is 112 Å². The Labute approximate surface area is 147 Å². The van der Waals surface area contributed by atoms with Crippen LogP contribution in [0.1, 0.15) is 22.7 Å². The van der Waals surface area contributed by atoms with E-state index in [0.29, 0.717) is 6.54 Å². The highest BCUT2D eigenvalue weighted by Gasteiger charge is 2.12. The zero-order chi connectivity index (χ0) is 17.5. The molecule has 0 aliphatic rings. The van der Waals surface area contributed by atoms with E-state index in [-0.39, 0.29) is 16.7 Å². The van der Waals surface area contributed by atoms with Crippen molar-refractivity contribution in [2.24, 2.45) is 0 Å². The fourth-order valence-electron chi connectivity index (χ4n) is 2.82. The summed E-state index contributed by atoms with van der Waals surface area (Å²) in [6.07, 6.45) is 0.887. The average molecular weight is 332 g/mol. The third-order valence-corrected chi connectivity index (χ3v) is 4.18. The Hall–Kier alpha value is -2.98. The highest BCUT2D eigenvalue weighted by atomic mass is 16.6. The first-order valence-electron chi connectivity index (χ1n) is 8.28. The molecule has 0 aliphatic heterocycles. The molecule has 3 aromatic rings. The molecule has 0 spiro atoms. The van der Waals surface area contributed by atoms with E-state index in [1.54, 1.807) is 24.3 Å². The van der Waals surface area contributed by atoms with Crippen LogP contribution in [0.2, 0.25) is 0 Å². The number of nitro benzene ring substituents is 1. The fourth-order valence-corrected chi connectivity index (χ4v) is 2.82. The minimum atomic E-state index is -0.376. The van der Waals surface area contributed by atoms with E-state index >= 15 is 0 Å². The molecule has 1 N–H and O–H groups in total. The molecule has 0 bridgehead atoms. The van der Waals surface area contributed by atoms with Crippen LogP contribution in [0.3, 0.4) is 0 Å². The van der Waals surface area contributed by atoms with Crippen LogP contribution < -0.4 is 5.32 Å². The van der Waals surface area contributed by atoms with Gasteiger partial charge < -0.3 is 5.32 Å². The van der Waals surface area contributed by atoms with Gasteiger partial charge >= 0.3 is 0 Å². The maximum Gasteiger partial charge on any atom is 0.269 e. The summed E-state index contributed by atoms with van der Waals surface area (Å²) in [5.41, 5.74) is 3.65. The van der Waals surface area contributed by atoms with Gasteiger partial charge in [0.2, 0.25) is 0 Å². The first-order valence-corrected chi connectivity index (χ1v) is 8.28. The Morgan fingerprint density at radius 3 is 2.00 bits per heavy atom. The van der Waals surface area contributed by atoms with E-state index in [9.17, 15) is 10.1 Å². The van der Waals surface area contributed by atoms with Crippen molar-refractivity contribution in [3.63, 3.8) is 0 Å². The van der Waals surface area contributed by atoms with Crippen LogP contribution in [0.4, 0.5) is 5.69 Å². The molecule has 3 aromatic carbocycles. The molecule has 25 heavy (non-hydrogen) atoms. The summed E-state index contributed by atoms with van der Waals surface area (Å²) in [6.45, 7) is 0.657. The molecule has 0 heterocycles. The molecule has 0 fully saturated rings. The summed E-state index contributed by atoms with van der Waals surface area (Å²) in [5, 5.41) is 14.3. The molecule has 0 aromatic heterocycles. The van der Waals surface area contributed by atoms with Crippen LogP contribution in [0.5, 0.6) is 0 Å². The Kier molecular flexibility index (Phi) is 5.54. The molecular formula is C21H20N2O2. The van der Waals surface area contributed by atoms with Crippen molar-refractivity contribution in [2.45, 2.75) is 19.0 Å². The number of nitrogens with zero attached hydrogens (tertiary/aromatic N) is 1. The van der Waals surface area contributed by atoms with Gasteiger partial charge in [0.15, 0.2) is 0 Å². The van der Waals surface area contributed by atoms with Crippen molar-refractivity contribution in [2.75, 3.05) is 0 Å². The third kappa shape index (κ3) is 4.75. The predicted molar refractivity (Wildman–Crippen MR) is 99.3 cm³/mol. The SMILES string of the molecule is O=[N+]([O-])c1ccc(CNC(Cc2ccccc2)c2ccccc2)cc1. The van der Waals surface area contributed by atoms with E-state index in [1.165, 1.54) is 11.1 Å². The quantitative estimate of drug-likeness (QED) is 0.505. The maximum absolute atomic E-state index is 10.8. The smallest absolute Gasteiger partial charge is 0.269 e. The van der Waals surface area contributed by atoms with Gasteiger partial charge in [-0.1, -0.05) is 72.8 Å². The predicted octanol–water partition coefficient (Wildman–Crippen LogP) is 4.67. The Balaban J connectivity index is 1.72. The van der Waals surface area contributed by atoms with Crippen LogP contribution in [0.15, 0.2) is 84.9 Å². The Morgan fingerprint density at radius 2 is 1.40 bits per heavy atom. The number of nitro groups is 1. The number of hydrogen-bond acceptors (Lipinski definition) is 3. The number of non-ortho nitro benzene ring substituents is 1. The molecule has 0 aliphatic carbocycles. The largest absolute Gasteiger partial charge is 0.306 e.